The molecule has 0 unspecified atom stereocenters. The summed E-state index contributed by atoms with van der Waals surface area (Å²) in [6.45, 7) is 0. The lowest BCUT2D eigenvalue weighted by molar-refractivity contribution is 0.0291. The lowest BCUT2D eigenvalue weighted by Gasteiger charge is -2.14. The molecule has 2 N–H and O–H groups in total. The van der Waals surface area contributed by atoms with Crippen LogP contribution in [0.5, 0.6) is 5.75 Å². The van der Waals surface area contributed by atoms with Crippen molar-refractivity contribution in [1.82, 2.24) is 0 Å². The Morgan fingerprint density at radius 1 is 0.964 bits per heavy atom. The molecule has 0 spiro atoms. The molecule has 0 saturated heterocycles. The summed E-state index contributed by atoms with van der Waals surface area (Å²) in [6.07, 6.45) is 0.536. The van der Waals surface area contributed by atoms with Gasteiger partial charge in [-0.2, -0.15) is 0 Å². The summed E-state index contributed by atoms with van der Waals surface area (Å²) in [6, 6.07) is 19.9. The summed E-state index contributed by atoms with van der Waals surface area (Å²) in [4.78, 5) is 12.0. The van der Waals surface area contributed by atoms with E-state index in [1.54, 1.807) is 37.4 Å². The van der Waals surface area contributed by atoms with Gasteiger partial charge >= 0.3 is 5.97 Å². The molecule has 6 heteroatoms. The van der Waals surface area contributed by atoms with E-state index in [0.29, 0.717) is 17.7 Å². The van der Waals surface area contributed by atoms with Gasteiger partial charge in [-0.3, -0.25) is 10.4 Å². The van der Waals surface area contributed by atoms with Crippen molar-refractivity contribution in [3.05, 3.63) is 83.4 Å². The fraction of sp³-hybridized carbons (Fsp3) is 0.136. The first-order chi connectivity index (χ1) is 13.5. The van der Waals surface area contributed by atoms with Crippen molar-refractivity contribution in [3.63, 3.8) is 0 Å². The highest BCUT2D eigenvalue weighted by molar-refractivity contribution is 5.91. The number of benzene rings is 3. The van der Waals surface area contributed by atoms with E-state index < -0.39 is 0 Å². The number of ether oxygens (including phenoxy) is 2. The maximum atomic E-state index is 12.0. The third-order valence-corrected chi connectivity index (χ3v) is 4.47. The minimum atomic E-state index is -0.372. The molecule has 0 heterocycles. The lowest BCUT2D eigenvalue weighted by Crippen LogP contribution is -2.10. The largest absolute Gasteiger partial charge is 0.496 e. The van der Waals surface area contributed by atoms with E-state index in [9.17, 15) is 15.2 Å². The molecule has 0 aliphatic heterocycles. The summed E-state index contributed by atoms with van der Waals surface area (Å²) in [5.74, 6) is 0.285. The van der Waals surface area contributed by atoms with Crippen LogP contribution in [0, 0.1) is 0 Å². The highest BCUT2D eigenvalue weighted by Crippen LogP contribution is 2.33. The molecule has 0 aliphatic rings. The van der Waals surface area contributed by atoms with Crippen molar-refractivity contribution in [1.29, 1.82) is 0 Å². The Balaban J connectivity index is 2.01. The van der Waals surface area contributed by atoms with Crippen molar-refractivity contribution >= 4 is 11.7 Å². The zero-order valence-corrected chi connectivity index (χ0v) is 15.6. The predicted octanol–water partition coefficient (Wildman–Crippen LogP) is 4.32. The molecule has 0 aromatic heterocycles. The van der Waals surface area contributed by atoms with E-state index in [2.05, 4.69) is 0 Å². The number of hydrogen-bond acceptors (Lipinski definition) is 6. The van der Waals surface area contributed by atoms with Crippen molar-refractivity contribution < 1.29 is 24.7 Å². The number of carbonyl (C=O) groups is 1. The second-order valence-electron chi connectivity index (χ2n) is 6.20. The lowest BCUT2D eigenvalue weighted by atomic mass is 9.96. The van der Waals surface area contributed by atoms with Gasteiger partial charge in [0.25, 0.3) is 0 Å². The first-order valence-electron chi connectivity index (χ1n) is 8.65. The van der Waals surface area contributed by atoms with Crippen LogP contribution < -0.4 is 9.96 Å². The van der Waals surface area contributed by atoms with Gasteiger partial charge in [0.1, 0.15) is 5.75 Å². The Kier molecular flexibility index (Phi) is 5.93. The Morgan fingerprint density at radius 3 is 2.46 bits per heavy atom. The molecule has 144 valence electrons. The Labute approximate surface area is 163 Å². The fourth-order valence-electron chi connectivity index (χ4n) is 3.09. The van der Waals surface area contributed by atoms with Gasteiger partial charge in [-0.1, -0.05) is 36.4 Å². The van der Waals surface area contributed by atoms with Gasteiger partial charge in [0.15, 0.2) is 0 Å². The number of rotatable bonds is 6. The molecular formula is C22H21NO5. The van der Waals surface area contributed by atoms with Crippen LogP contribution in [0.25, 0.3) is 11.1 Å². The van der Waals surface area contributed by atoms with Gasteiger partial charge in [0, 0.05) is 5.56 Å². The number of nitrogens with zero attached hydrogens (tertiary/aromatic N) is 1. The normalized spacial score (nSPS) is 10.4. The second-order valence-corrected chi connectivity index (χ2v) is 6.20. The van der Waals surface area contributed by atoms with Crippen LogP contribution in [0.3, 0.4) is 0 Å². The van der Waals surface area contributed by atoms with Gasteiger partial charge in [-0.05, 0) is 53.4 Å². The van der Waals surface area contributed by atoms with Gasteiger partial charge in [0.2, 0.25) is 0 Å². The highest BCUT2D eigenvalue weighted by atomic mass is 16.8. The summed E-state index contributed by atoms with van der Waals surface area (Å²) < 4.78 is 10.3. The topological polar surface area (TPSA) is 79.2 Å². The van der Waals surface area contributed by atoms with Gasteiger partial charge < -0.3 is 9.47 Å². The standard InChI is InChI=1S/C22H21NO5/c1-27-21-11-10-15(12-16-6-3-4-9-19(16)22(24)28-2)13-20(21)17-7-5-8-18(14-17)23(25)26/h3-11,13-14,25-26H,12H2,1-2H3. The van der Waals surface area contributed by atoms with Crippen LogP contribution in [0.4, 0.5) is 5.69 Å². The van der Waals surface area contributed by atoms with E-state index in [4.69, 9.17) is 9.47 Å². The molecule has 0 radical (unpaired) electrons. The number of anilines is 1. The number of carbonyl (C=O) groups excluding carboxylic acids is 1. The molecule has 0 fully saturated rings. The van der Waals surface area contributed by atoms with Crippen molar-refractivity contribution in [2.75, 3.05) is 19.4 Å². The highest BCUT2D eigenvalue weighted by Gasteiger charge is 2.14. The predicted molar refractivity (Wildman–Crippen MR) is 105 cm³/mol. The van der Waals surface area contributed by atoms with E-state index in [1.807, 2.05) is 36.4 Å². The Hall–Kier alpha value is -3.35. The summed E-state index contributed by atoms with van der Waals surface area (Å²) >= 11 is 0. The molecule has 28 heavy (non-hydrogen) atoms. The van der Waals surface area contributed by atoms with Crippen LogP contribution in [0.15, 0.2) is 66.7 Å². The molecule has 0 bridgehead atoms. The van der Waals surface area contributed by atoms with Crippen LogP contribution in [-0.4, -0.2) is 30.6 Å². The smallest absolute Gasteiger partial charge is 0.338 e. The number of hydrogen-bond donors (Lipinski definition) is 2. The third kappa shape index (κ3) is 4.14. The van der Waals surface area contributed by atoms with Crippen LogP contribution in [-0.2, 0) is 11.2 Å². The molecule has 0 saturated carbocycles. The molecule has 0 atom stereocenters. The van der Waals surface area contributed by atoms with E-state index >= 15 is 0 Å². The summed E-state index contributed by atoms with van der Waals surface area (Å²) in [5.41, 5.74) is 4.17. The van der Waals surface area contributed by atoms with Crippen molar-refractivity contribution in [2.24, 2.45) is 0 Å². The first-order valence-corrected chi connectivity index (χ1v) is 8.65. The molecule has 3 aromatic rings. The number of methoxy groups -OCH3 is 2. The third-order valence-electron chi connectivity index (χ3n) is 4.47. The maximum Gasteiger partial charge on any atom is 0.338 e. The zero-order chi connectivity index (χ0) is 20.1. The monoisotopic (exact) mass is 379 g/mol. The van der Waals surface area contributed by atoms with Gasteiger partial charge in [0.05, 0.1) is 25.5 Å². The molecule has 3 rings (SSSR count). The molecule has 0 aliphatic carbocycles. The molecule has 6 nitrogen and oxygen atoms in total. The SMILES string of the molecule is COC(=O)c1ccccc1Cc1ccc(OC)c(-c2cccc(N(O)O)c2)c1. The minimum Gasteiger partial charge on any atom is -0.496 e. The Morgan fingerprint density at radius 2 is 1.75 bits per heavy atom. The average molecular weight is 379 g/mol. The quantitative estimate of drug-likeness (QED) is 0.490. The number of esters is 1. The second kappa shape index (κ2) is 8.56. The van der Waals surface area contributed by atoms with Crippen molar-refractivity contribution in [2.45, 2.75) is 6.42 Å². The minimum absolute atomic E-state index is 0.0758. The van der Waals surface area contributed by atoms with Crippen LogP contribution in [0.2, 0.25) is 0 Å². The molecule has 0 amide bonds. The summed E-state index contributed by atoms with van der Waals surface area (Å²) in [5, 5.41) is 18.7. The average Bonchev–Trinajstić information content (AvgIpc) is 2.73. The van der Waals surface area contributed by atoms with Crippen LogP contribution in [0.1, 0.15) is 21.5 Å². The van der Waals surface area contributed by atoms with Crippen LogP contribution >= 0.6 is 0 Å². The van der Waals surface area contributed by atoms with E-state index in [-0.39, 0.29) is 16.9 Å². The maximum absolute atomic E-state index is 12.0. The van der Waals surface area contributed by atoms with Gasteiger partial charge in [-0.15, -0.1) is 5.23 Å². The molecular weight excluding hydrogens is 358 g/mol. The Bertz CT molecular complexity index is 984. The fourth-order valence-corrected chi connectivity index (χ4v) is 3.09. The zero-order valence-electron chi connectivity index (χ0n) is 15.6. The first kappa shape index (κ1) is 19.4. The van der Waals surface area contributed by atoms with Gasteiger partial charge in [-0.25, -0.2) is 4.79 Å². The molecule has 3 aromatic carbocycles. The van der Waals surface area contributed by atoms with E-state index in [0.717, 1.165) is 22.3 Å². The summed E-state index contributed by atoms with van der Waals surface area (Å²) in [7, 11) is 2.95. The van der Waals surface area contributed by atoms with E-state index in [1.165, 1.54) is 7.11 Å². The van der Waals surface area contributed by atoms with Crippen molar-refractivity contribution in [3.8, 4) is 16.9 Å².